The monoisotopic (exact) mass is 239 g/mol. The van der Waals surface area contributed by atoms with Gasteiger partial charge in [0.25, 0.3) is 0 Å². The van der Waals surface area contributed by atoms with Crippen LogP contribution in [0.5, 0.6) is 0 Å². The maximum absolute atomic E-state index is 5.94. The van der Waals surface area contributed by atoms with E-state index >= 15 is 0 Å². The summed E-state index contributed by atoms with van der Waals surface area (Å²) in [5.41, 5.74) is 7.83. The molecule has 2 aromatic rings. The highest BCUT2D eigenvalue weighted by Crippen LogP contribution is 2.30. The molecule has 0 unspecified atom stereocenters. The van der Waals surface area contributed by atoms with Crippen LogP contribution in [0.1, 0.15) is 0 Å². The lowest BCUT2D eigenvalue weighted by Gasteiger charge is -2.06. The van der Waals surface area contributed by atoms with Gasteiger partial charge in [-0.3, -0.25) is 0 Å². The molecule has 2 N–H and O–H groups in total. The van der Waals surface area contributed by atoms with Gasteiger partial charge in [-0.05, 0) is 18.2 Å². The third kappa shape index (κ3) is 2.03. The van der Waals surface area contributed by atoms with Gasteiger partial charge in [0.1, 0.15) is 10.3 Å². The van der Waals surface area contributed by atoms with Gasteiger partial charge in [0.2, 0.25) is 0 Å². The Kier molecular flexibility index (Phi) is 2.75. The minimum atomic E-state index is 0.358. The Balaban J connectivity index is 2.60. The lowest BCUT2D eigenvalue weighted by atomic mass is 10.1. The standard InChI is InChI=1S/C10H7Cl2N3/c11-9-4-8(13)7(5-15-9)6-2-1-3-14-10(6)12/h1-5H,(H2,13,15). The summed E-state index contributed by atoms with van der Waals surface area (Å²) in [6, 6.07) is 5.20. The molecule has 0 saturated carbocycles. The Morgan fingerprint density at radius 3 is 2.60 bits per heavy atom. The molecule has 0 radical (unpaired) electrons. The second-order valence-corrected chi connectivity index (χ2v) is 3.68. The Hall–Kier alpha value is -1.32. The van der Waals surface area contributed by atoms with Gasteiger partial charge >= 0.3 is 0 Å². The van der Waals surface area contributed by atoms with Gasteiger partial charge in [-0.15, -0.1) is 0 Å². The highest BCUT2D eigenvalue weighted by Gasteiger charge is 2.08. The maximum atomic E-state index is 5.94. The highest BCUT2D eigenvalue weighted by atomic mass is 35.5. The number of halogens is 2. The van der Waals surface area contributed by atoms with Crippen molar-refractivity contribution in [3.05, 3.63) is 40.9 Å². The fourth-order valence-electron chi connectivity index (χ4n) is 1.26. The van der Waals surface area contributed by atoms with E-state index in [-0.39, 0.29) is 0 Å². The lowest BCUT2D eigenvalue weighted by Crippen LogP contribution is -1.93. The van der Waals surface area contributed by atoms with Crippen LogP contribution in [0.4, 0.5) is 5.69 Å². The molecule has 0 aliphatic heterocycles. The van der Waals surface area contributed by atoms with E-state index in [4.69, 9.17) is 28.9 Å². The average molecular weight is 240 g/mol. The van der Waals surface area contributed by atoms with Crippen LogP contribution in [0.2, 0.25) is 10.3 Å². The van der Waals surface area contributed by atoms with Gasteiger partial charge in [0, 0.05) is 29.2 Å². The molecule has 0 aromatic carbocycles. The number of hydrogen-bond acceptors (Lipinski definition) is 3. The molecule has 0 amide bonds. The van der Waals surface area contributed by atoms with Crippen LogP contribution in [0, 0.1) is 0 Å². The van der Waals surface area contributed by atoms with E-state index < -0.39 is 0 Å². The Morgan fingerprint density at radius 2 is 1.93 bits per heavy atom. The second-order valence-electron chi connectivity index (χ2n) is 2.94. The average Bonchev–Trinajstić information content (AvgIpc) is 2.20. The second kappa shape index (κ2) is 4.04. The molecule has 5 heteroatoms. The summed E-state index contributed by atoms with van der Waals surface area (Å²) in [7, 11) is 0. The lowest BCUT2D eigenvalue weighted by molar-refractivity contribution is 1.30. The zero-order valence-corrected chi connectivity index (χ0v) is 9.13. The Labute approximate surface area is 96.9 Å². The molecule has 3 nitrogen and oxygen atoms in total. The van der Waals surface area contributed by atoms with Gasteiger partial charge in [-0.2, -0.15) is 0 Å². The van der Waals surface area contributed by atoms with Crippen molar-refractivity contribution in [3.63, 3.8) is 0 Å². The van der Waals surface area contributed by atoms with E-state index in [0.29, 0.717) is 16.0 Å². The fourth-order valence-corrected chi connectivity index (χ4v) is 1.64. The Morgan fingerprint density at radius 1 is 1.13 bits per heavy atom. The molecular formula is C10H7Cl2N3. The van der Waals surface area contributed by atoms with Crippen LogP contribution in [-0.4, -0.2) is 9.97 Å². The van der Waals surface area contributed by atoms with E-state index in [9.17, 15) is 0 Å². The number of aromatic nitrogens is 2. The summed E-state index contributed by atoms with van der Waals surface area (Å²) in [6.45, 7) is 0. The topological polar surface area (TPSA) is 51.8 Å². The number of pyridine rings is 2. The van der Waals surface area contributed by atoms with E-state index in [1.807, 2.05) is 6.07 Å². The van der Waals surface area contributed by atoms with Crippen LogP contribution >= 0.6 is 23.2 Å². The quantitative estimate of drug-likeness (QED) is 0.779. The van der Waals surface area contributed by atoms with Crippen LogP contribution in [0.3, 0.4) is 0 Å². The molecule has 2 heterocycles. The molecule has 15 heavy (non-hydrogen) atoms. The van der Waals surface area contributed by atoms with Gasteiger partial charge in [-0.1, -0.05) is 23.2 Å². The number of nitrogens with two attached hydrogens (primary N) is 1. The molecule has 0 bridgehead atoms. The van der Waals surface area contributed by atoms with Crippen molar-refractivity contribution in [1.82, 2.24) is 9.97 Å². The molecule has 0 spiro atoms. The number of rotatable bonds is 1. The van der Waals surface area contributed by atoms with Crippen LogP contribution in [0.25, 0.3) is 11.1 Å². The van der Waals surface area contributed by atoms with Crippen LogP contribution in [0.15, 0.2) is 30.6 Å². The maximum Gasteiger partial charge on any atom is 0.136 e. The minimum absolute atomic E-state index is 0.358. The van der Waals surface area contributed by atoms with Gasteiger partial charge in [0.05, 0.1) is 0 Å². The smallest absolute Gasteiger partial charge is 0.136 e. The number of hydrogen-bond donors (Lipinski definition) is 1. The molecular weight excluding hydrogens is 233 g/mol. The molecule has 0 aliphatic carbocycles. The van der Waals surface area contributed by atoms with E-state index in [2.05, 4.69) is 9.97 Å². The van der Waals surface area contributed by atoms with Crippen molar-refractivity contribution < 1.29 is 0 Å². The predicted molar refractivity (Wildman–Crippen MR) is 61.9 cm³/mol. The summed E-state index contributed by atoms with van der Waals surface area (Å²) in [6.07, 6.45) is 3.20. The van der Waals surface area contributed by atoms with Crippen molar-refractivity contribution in [3.8, 4) is 11.1 Å². The molecule has 0 atom stereocenters. The summed E-state index contributed by atoms with van der Waals surface area (Å²) < 4.78 is 0. The SMILES string of the molecule is Nc1cc(Cl)ncc1-c1cccnc1Cl. The van der Waals surface area contributed by atoms with E-state index in [1.165, 1.54) is 0 Å². The van der Waals surface area contributed by atoms with Gasteiger partial charge in [0.15, 0.2) is 0 Å². The molecule has 0 aliphatic rings. The van der Waals surface area contributed by atoms with Crippen molar-refractivity contribution >= 4 is 28.9 Å². The molecule has 0 saturated heterocycles. The normalized spacial score (nSPS) is 10.3. The molecule has 76 valence electrons. The van der Waals surface area contributed by atoms with E-state index in [0.717, 1.165) is 11.1 Å². The third-order valence-electron chi connectivity index (χ3n) is 1.95. The van der Waals surface area contributed by atoms with Gasteiger partial charge in [-0.25, -0.2) is 9.97 Å². The largest absolute Gasteiger partial charge is 0.398 e. The first kappa shape index (κ1) is 10.2. The molecule has 0 fully saturated rings. The van der Waals surface area contributed by atoms with Crippen molar-refractivity contribution in [2.24, 2.45) is 0 Å². The summed E-state index contributed by atoms with van der Waals surface area (Å²) in [5.74, 6) is 0. The summed E-state index contributed by atoms with van der Waals surface area (Å²) in [4.78, 5) is 7.92. The van der Waals surface area contributed by atoms with Crippen molar-refractivity contribution in [2.75, 3.05) is 5.73 Å². The van der Waals surface area contributed by atoms with Crippen molar-refractivity contribution in [2.45, 2.75) is 0 Å². The molecule has 2 rings (SSSR count). The predicted octanol–water partition coefficient (Wildman–Crippen LogP) is 3.03. The first-order valence-corrected chi connectivity index (χ1v) is 4.96. The highest BCUT2D eigenvalue weighted by molar-refractivity contribution is 6.32. The zero-order chi connectivity index (χ0) is 10.8. The van der Waals surface area contributed by atoms with Crippen LogP contribution < -0.4 is 5.73 Å². The summed E-state index contributed by atoms with van der Waals surface area (Å²) >= 11 is 11.6. The Bertz CT molecular complexity index is 500. The van der Waals surface area contributed by atoms with Gasteiger partial charge < -0.3 is 5.73 Å². The first-order chi connectivity index (χ1) is 7.18. The number of anilines is 1. The molecule has 2 aromatic heterocycles. The fraction of sp³-hybridized carbons (Fsp3) is 0. The van der Waals surface area contributed by atoms with Crippen LogP contribution in [-0.2, 0) is 0 Å². The zero-order valence-electron chi connectivity index (χ0n) is 7.61. The van der Waals surface area contributed by atoms with E-state index in [1.54, 1.807) is 24.5 Å². The first-order valence-electron chi connectivity index (χ1n) is 4.20. The summed E-state index contributed by atoms with van der Waals surface area (Å²) in [5, 5.41) is 0.754. The third-order valence-corrected chi connectivity index (χ3v) is 2.46. The minimum Gasteiger partial charge on any atom is -0.398 e. The number of nitrogens with zero attached hydrogens (tertiary/aromatic N) is 2. The van der Waals surface area contributed by atoms with Crippen molar-refractivity contribution in [1.29, 1.82) is 0 Å². The number of nitrogen functional groups attached to an aromatic ring is 1.